The average Bonchev–Trinajstić information content (AvgIpc) is 2.59. The van der Waals surface area contributed by atoms with Gasteiger partial charge in [-0.25, -0.2) is 4.98 Å². The van der Waals surface area contributed by atoms with Crippen molar-refractivity contribution in [2.75, 3.05) is 13.1 Å². The Kier molecular flexibility index (Phi) is 4.73. The first kappa shape index (κ1) is 13.4. The second kappa shape index (κ2) is 5.63. The smallest absolute Gasteiger partial charge is 0.316 e. The van der Waals surface area contributed by atoms with E-state index in [4.69, 9.17) is 0 Å². The van der Waals surface area contributed by atoms with Crippen LogP contribution in [-0.4, -0.2) is 18.1 Å². The van der Waals surface area contributed by atoms with Gasteiger partial charge in [-0.1, -0.05) is 13.8 Å². The van der Waals surface area contributed by atoms with Crippen LogP contribution >= 0.6 is 11.3 Å². The molecular weight excluding hydrogens is 237 g/mol. The number of aromatic nitrogens is 1. The molecule has 0 fully saturated rings. The first-order chi connectivity index (χ1) is 7.39. The lowest BCUT2D eigenvalue weighted by atomic mass is 10.2. The first-order valence-electron chi connectivity index (χ1n) is 5.12. The van der Waals surface area contributed by atoms with Crippen LogP contribution in [0, 0.1) is 5.92 Å². The Balaban J connectivity index is 2.36. The molecule has 0 bridgehead atoms. The molecule has 1 N–H and O–H groups in total. The van der Waals surface area contributed by atoms with Gasteiger partial charge in [0.25, 0.3) is 0 Å². The van der Waals surface area contributed by atoms with Crippen molar-refractivity contribution in [1.29, 1.82) is 0 Å². The molecule has 0 spiro atoms. The summed E-state index contributed by atoms with van der Waals surface area (Å²) < 4.78 is 36.7. The molecule has 0 atom stereocenters. The Morgan fingerprint density at radius 2 is 2.12 bits per heavy atom. The average molecular weight is 252 g/mol. The highest BCUT2D eigenvalue weighted by Gasteiger charge is 2.33. The van der Waals surface area contributed by atoms with Crippen molar-refractivity contribution in [2.45, 2.75) is 26.4 Å². The molecule has 1 aromatic rings. The van der Waals surface area contributed by atoms with Crippen LogP contribution in [-0.2, 0) is 12.6 Å². The maximum absolute atomic E-state index is 12.2. The summed E-state index contributed by atoms with van der Waals surface area (Å²) in [4.78, 5) is 3.55. The molecule has 1 aromatic heterocycles. The predicted octanol–water partition coefficient (Wildman–Crippen LogP) is 2.95. The van der Waals surface area contributed by atoms with E-state index >= 15 is 0 Å². The molecule has 2 nitrogen and oxygen atoms in total. The number of alkyl halides is 3. The van der Waals surface area contributed by atoms with Gasteiger partial charge in [-0.3, -0.25) is 0 Å². The highest BCUT2D eigenvalue weighted by Crippen LogP contribution is 2.29. The van der Waals surface area contributed by atoms with E-state index in [1.54, 1.807) is 0 Å². The Hall–Kier alpha value is -0.620. The van der Waals surface area contributed by atoms with Crippen LogP contribution < -0.4 is 5.32 Å². The third kappa shape index (κ3) is 4.49. The molecule has 0 saturated heterocycles. The van der Waals surface area contributed by atoms with Gasteiger partial charge in [0.15, 0.2) is 5.69 Å². The van der Waals surface area contributed by atoms with Crippen LogP contribution in [0.5, 0.6) is 0 Å². The van der Waals surface area contributed by atoms with Gasteiger partial charge in [0.1, 0.15) is 0 Å². The number of nitrogens with zero attached hydrogens (tertiary/aromatic N) is 1. The fourth-order valence-corrected chi connectivity index (χ4v) is 1.95. The van der Waals surface area contributed by atoms with Crippen LogP contribution in [0.25, 0.3) is 0 Å². The first-order valence-corrected chi connectivity index (χ1v) is 6.00. The second-order valence-electron chi connectivity index (χ2n) is 3.97. The van der Waals surface area contributed by atoms with Crippen molar-refractivity contribution in [3.8, 4) is 0 Å². The summed E-state index contributed by atoms with van der Waals surface area (Å²) in [6.45, 7) is 5.71. The Labute approximate surface area is 96.9 Å². The zero-order chi connectivity index (χ0) is 12.2. The van der Waals surface area contributed by atoms with Gasteiger partial charge in [0.05, 0.1) is 5.01 Å². The molecule has 92 valence electrons. The maximum Gasteiger partial charge on any atom is 0.434 e. The van der Waals surface area contributed by atoms with Gasteiger partial charge in [0.2, 0.25) is 0 Å². The zero-order valence-corrected chi connectivity index (χ0v) is 10.1. The molecule has 1 rings (SSSR count). The van der Waals surface area contributed by atoms with Crippen molar-refractivity contribution >= 4 is 11.3 Å². The molecule has 0 unspecified atom stereocenters. The van der Waals surface area contributed by atoms with Gasteiger partial charge in [-0.15, -0.1) is 11.3 Å². The van der Waals surface area contributed by atoms with Crippen LogP contribution in [0.3, 0.4) is 0 Å². The zero-order valence-electron chi connectivity index (χ0n) is 9.27. The summed E-state index contributed by atoms with van der Waals surface area (Å²) in [5, 5.41) is 4.77. The number of rotatable bonds is 5. The molecule has 0 aliphatic heterocycles. The van der Waals surface area contributed by atoms with E-state index in [0.717, 1.165) is 23.3 Å². The van der Waals surface area contributed by atoms with Crippen molar-refractivity contribution in [3.05, 3.63) is 16.1 Å². The van der Waals surface area contributed by atoms with E-state index in [9.17, 15) is 13.2 Å². The molecule has 0 radical (unpaired) electrons. The number of hydrogen-bond acceptors (Lipinski definition) is 3. The minimum Gasteiger partial charge on any atom is -0.316 e. The summed E-state index contributed by atoms with van der Waals surface area (Å²) in [6.07, 6.45) is -3.77. The molecular formula is C10H15F3N2S. The van der Waals surface area contributed by atoms with Gasteiger partial charge >= 0.3 is 6.18 Å². The van der Waals surface area contributed by atoms with Crippen molar-refractivity contribution in [1.82, 2.24) is 10.3 Å². The van der Waals surface area contributed by atoms with Crippen LogP contribution in [0.1, 0.15) is 24.5 Å². The molecule has 0 amide bonds. The highest BCUT2D eigenvalue weighted by molar-refractivity contribution is 7.09. The number of nitrogens with one attached hydrogen (secondary N) is 1. The van der Waals surface area contributed by atoms with E-state index in [1.165, 1.54) is 0 Å². The number of halogens is 3. The van der Waals surface area contributed by atoms with E-state index < -0.39 is 11.9 Å². The highest BCUT2D eigenvalue weighted by atomic mass is 32.1. The largest absolute Gasteiger partial charge is 0.434 e. The normalized spacial score (nSPS) is 12.4. The topological polar surface area (TPSA) is 24.9 Å². The van der Waals surface area contributed by atoms with E-state index in [1.807, 2.05) is 0 Å². The summed E-state index contributed by atoms with van der Waals surface area (Å²) >= 11 is 1.06. The summed E-state index contributed by atoms with van der Waals surface area (Å²) in [6, 6.07) is 0. The third-order valence-electron chi connectivity index (χ3n) is 1.91. The van der Waals surface area contributed by atoms with E-state index in [2.05, 4.69) is 24.1 Å². The summed E-state index contributed by atoms with van der Waals surface area (Å²) in [7, 11) is 0. The lowest BCUT2D eigenvalue weighted by Gasteiger charge is -2.05. The summed E-state index contributed by atoms with van der Waals surface area (Å²) in [5.74, 6) is 0.544. The Morgan fingerprint density at radius 3 is 2.62 bits per heavy atom. The SMILES string of the molecule is CC(C)CNCCc1nc(C(F)(F)F)cs1. The second-order valence-corrected chi connectivity index (χ2v) is 4.91. The molecule has 0 aliphatic rings. The molecule has 0 aliphatic carbocycles. The van der Waals surface area contributed by atoms with E-state index in [0.29, 0.717) is 23.9 Å². The fraction of sp³-hybridized carbons (Fsp3) is 0.700. The van der Waals surface area contributed by atoms with Crippen LogP contribution in [0.15, 0.2) is 5.38 Å². The minimum absolute atomic E-state index is 0.531. The quantitative estimate of drug-likeness (QED) is 0.815. The summed E-state index contributed by atoms with van der Waals surface area (Å²) in [5.41, 5.74) is -0.781. The Bertz CT molecular complexity index is 320. The molecule has 0 saturated carbocycles. The Morgan fingerprint density at radius 1 is 1.44 bits per heavy atom. The lowest BCUT2D eigenvalue weighted by molar-refractivity contribution is -0.140. The minimum atomic E-state index is -4.32. The number of hydrogen-bond donors (Lipinski definition) is 1. The van der Waals surface area contributed by atoms with Crippen molar-refractivity contribution in [2.24, 2.45) is 5.92 Å². The lowest BCUT2D eigenvalue weighted by Crippen LogP contribution is -2.22. The molecule has 0 aromatic carbocycles. The van der Waals surface area contributed by atoms with Crippen molar-refractivity contribution < 1.29 is 13.2 Å². The van der Waals surface area contributed by atoms with E-state index in [-0.39, 0.29) is 0 Å². The van der Waals surface area contributed by atoms with Crippen molar-refractivity contribution in [3.63, 3.8) is 0 Å². The van der Waals surface area contributed by atoms with Gasteiger partial charge in [0, 0.05) is 18.3 Å². The van der Waals surface area contributed by atoms with Crippen LogP contribution in [0.2, 0.25) is 0 Å². The van der Waals surface area contributed by atoms with Gasteiger partial charge in [-0.05, 0) is 12.5 Å². The third-order valence-corrected chi connectivity index (χ3v) is 2.82. The predicted molar refractivity (Wildman–Crippen MR) is 58.5 cm³/mol. The standard InChI is InChI=1S/C10H15F3N2S/c1-7(2)5-14-4-3-9-15-8(6-16-9)10(11,12)13/h6-7,14H,3-5H2,1-2H3. The van der Waals surface area contributed by atoms with Crippen LogP contribution in [0.4, 0.5) is 13.2 Å². The molecule has 6 heteroatoms. The number of thiazole rings is 1. The molecule has 16 heavy (non-hydrogen) atoms. The fourth-order valence-electron chi connectivity index (χ4n) is 1.14. The monoisotopic (exact) mass is 252 g/mol. The van der Waals surface area contributed by atoms with Gasteiger partial charge in [-0.2, -0.15) is 13.2 Å². The maximum atomic E-state index is 12.2. The molecule has 1 heterocycles. The van der Waals surface area contributed by atoms with Gasteiger partial charge < -0.3 is 5.32 Å².